The van der Waals surface area contributed by atoms with Gasteiger partial charge in [-0.3, -0.25) is 14.7 Å². The summed E-state index contributed by atoms with van der Waals surface area (Å²) in [6.45, 7) is 1.68. The normalized spacial score (nSPS) is 23.2. The zero-order valence-corrected chi connectivity index (χ0v) is 18.5. The van der Waals surface area contributed by atoms with Gasteiger partial charge in [0.2, 0.25) is 5.91 Å². The van der Waals surface area contributed by atoms with E-state index in [1.54, 1.807) is 17.3 Å². The molecule has 3 aromatic rings. The Hall–Kier alpha value is -3.43. The van der Waals surface area contributed by atoms with E-state index in [4.69, 9.17) is 0 Å². The zero-order valence-electron chi connectivity index (χ0n) is 17.7. The van der Waals surface area contributed by atoms with Gasteiger partial charge in [0.15, 0.2) is 0 Å². The molecule has 3 amide bonds. The van der Waals surface area contributed by atoms with Crippen molar-refractivity contribution in [3.63, 3.8) is 0 Å². The Balaban J connectivity index is 1.34. The minimum absolute atomic E-state index is 0.0633. The number of carbonyl (C=O) groups is 2. The summed E-state index contributed by atoms with van der Waals surface area (Å²) >= 11 is 1.42. The number of anilines is 2. The molecule has 0 saturated carbocycles. The number of pyridine rings is 2. The summed E-state index contributed by atoms with van der Waals surface area (Å²) in [7, 11) is 0. The molecule has 1 saturated heterocycles. The second kappa shape index (κ2) is 8.17. The Morgan fingerprint density at radius 1 is 1.12 bits per heavy atom. The second-order valence-corrected chi connectivity index (χ2v) is 9.44. The smallest absolute Gasteiger partial charge is 0.327 e. The van der Waals surface area contributed by atoms with Crippen LogP contribution < -0.4 is 20.9 Å². The predicted octanol–water partition coefficient (Wildman–Crippen LogP) is 3.00. The van der Waals surface area contributed by atoms with E-state index in [0.717, 1.165) is 47.0 Å². The maximum atomic E-state index is 13.3. The Labute approximate surface area is 195 Å². The van der Waals surface area contributed by atoms with E-state index in [2.05, 4.69) is 25.9 Å². The van der Waals surface area contributed by atoms with Crippen LogP contribution in [0.3, 0.4) is 0 Å². The van der Waals surface area contributed by atoms with E-state index in [0.29, 0.717) is 5.69 Å². The lowest BCUT2D eigenvalue weighted by Gasteiger charge is -2.34. The van der Waals surface area contributed by atoms with Gasteiger partial charge in [-0.15, -0.1) is 0 Å². The van der Waals surface area contributed by atoms with Crippen molar-refractivity contribution in [1.82, 2.24) is 25.9 Å². The SMILES string of the molecule is O=C(NC1CCNC1)[C@@H]1Sc2nccc3c2C1NC(=O)N3c1ccnc(-c2ccccc2)c1. The third kappa shape index (κ3) is 3.53. The molecule has 3 aliphatic rings. The third-order valence-electron chi connectivity index (χ3n) is 6.24. The molecule has 0 radical (unpaired) electrons. The van der Waals surface area contributed by atoms with Crippen LogP contribution in [0, 0.1) is 0 Å². The van der Waals surface area contributed by atoms with E-state index < -0.39 is 11.3 Å². The third-order valence-corrected chi connectivity index (χ3v) is 7.53. The first-order valence-corrected chi connectivity index (χ1v) is 11.9. The van der Waals surface area contributed by atoms with Crippen molar-refractivity contribution in [3.8, 4) is 11.3 Å². The topological polar surface area (TPSA) is 99.2 Å². The number of amides is 3. The van der Waals surface area contributed by atoms with Gasteiger partial charge in [-0.05, 0) is 31.2 Å². The molecule has 6 rings (SSSR count). The van der Waals surface area contributed by atoms with Gasteiger partial charge in [0.25, 0.3) is 0 Å². The van der Waals surface area contributed by atoms with Crippen molar-refractivity contribution in [2.24, 2.45) is 0 Å². The molecule has 3 atom stereocenters. The van der Waals surface area contributed by atoms with Gasteiger partial charge >= 0.3 is 6.03 Å². The summed E-state index contributed by atoms with van der Waals surface area (Å²) < 4.78 is 0. The van der Waals surface area contributed by atoms with Crippen LogP contribution in [-0.2, 0) is 4.79 Å². The molecule has 2 aromatic heterocycles. The summed E-state index contributed by atoms with van der Waals surface area (Å²) in [4.78, 5) is 37.0. The van der Waals surface area contributed by atoms with Gasteiger partial charge in [-0.25, -0.2) is 9.78 Å². The number of aromatic nitrogens is 2. The minimum atomic E-state index is -0.447. The first-order valence-electron chi connectivity index (χ1n) is 11.0. The molecular formula is C24H22N6O2S. The van der Waals surface area contributed by atoms with Crippen LogP contribution in [0.2, 0.25) is 0 Å². The Kier molecular flexibility index (Phi) is 5.00. The summed E-state index contributed by atoms with van der Waals surface area (Å²) in [5.41, 5.74) is 4.12. The van der Waals surface area contributed by atoms with E-state index >= 15 is 0 Å². The van der Waals surface area contributed by atoms with Crippen LogP contribution in [-0.4, -0.2) is 46.3 Å². The number of nitrogens with one attached hydrogen (secondary N) is 3. The van der Waals surface area contributed by atoms with E-state index in [9.17, 15) is 9.59 Å². The van der Waals surface area contributed by atoms with Crippen molar-refractivity contribution in [1.29, 1.82) is 0 Å². The highest BCUT2D eigenvalue weighted by Crippen LogP contribution is 2.50. The van der Waals surface area contributed by atoms with Crippen molar-refractivity contribution in [3.05, 3.63) is 66.5 Å². The van der Waals surface area contributed by atoms with Gasteiger partial charge < -0.3 is 16.0 Å². The first-order chi connectivity index (χ1) is 16.2. The quantitative estimate of drug-likeness (QED) is 0.556. The first kappa shape index (κ1) is 20.2. The lowest BCUT2D eigenvalue weighted by molar-refractivity contribution is -0.121. The highest BCUT2D eigenvalue weighted by atomic mass is 32.2. The number of thioether (sulfide) groups is 1. The summed E-state index contributed by atoms with van der Waals surface area (Å²) in [6, 6.07) is 14.9. The van der Waals surface area contributed by atoms with Crippen molar-refractivity contribution >= 4 is 35.1 Å². The molecule has 0 spiro atoms. The largest absolute Gasteiger partial charge is 0.351 e. The molecule has 2 unspecified atom stereocenters. The molecule has 0 bridgehead atoms. The summed E-state index contributed by atoms with van der Waals surface area (Å²) in [5, 5.41) is 9.79. The highest BCUT2D eigenvalue weighted by Gasteiger charge is 2.47. The molecule has 33 heavy (non-hydrogen) atoms. The monoisotopic (exact) mass is 458 g/mol. The van der Waals surface area contributed by atoms with Gasteiger partial charge in [0.05, 0.1) is 23.1 Å². The molecule has 166 valence electrons. The van der Waals surface area contributed by atoms with Crippen molar-refractivity contribution < 1.29 is 9.59 Å². The molecule has 9 heteroatoms. The van der Waals surface area contributed by atoms with Crippen LogP contribution in [0.1, 0.15) is 18.0 Å². The summed E-state index contributed by atoms with van der Waals surface area (Å²) in [6.07, 6.45) is 4.32. The van der Waals surface area contributed by atoms with Crippen molar-refractivity contribution in [2.75, 3.05) is 18.0 Å². The second-order valence-electron chi connectivity index (χ2n) is 8.31. The van der Waals surface area contributed by atoms with Gasteiger partial charge in [-0.2, -0.15) is 0 Å². The summed E-state index contributed by atoms with van der Waals surface area (Å²) in [5.74, 6) is -0.0633. The van der Waals surface area contributed by atoms with E-state index in [1.165, 1.54) is 11.8 Å². The average Bonchev–Trinajstić information content (AvgIpc) is 3.49. The van der Waals surface area contributed by atoms with E-state index in [-0.39, 0.29) is 18.0 Å². The van der Waals surface area contributed by atoms with Crippen LogP contribution in [0.4, 0.5) is 16.2 Å². The van der Waals surface area contributed by atoms with Gasteiger partial charge in [0, 0.05) is 36.1 Å². The molecule has 1 aromatic carbocycles. The van der Waals surface area contributed by atoms with Crippen molar-refractivity contribution in [2.45, 2.75) is 28.8 Å². The molecule has 1 fully saturated rings. The number of urea groups is 1. The maximum absolute atomic E-state index is 13.3. The lowest BCUT2D eigenvalue weighted by Crippen LogP contribution is -2.50. The fourth-order valence-corrected chi connectivity index (χ4v) is 5.90. The molecular weight excluding hydrogens is 436 g/mol. The number of benzene rings is 1. The number of nitrogens with zero attached hydrogens (tertiary/aromatic N) is 3. The van der Waals surface area contributed by atoms with E-state index in [1.807, 2.05) is 48.5 Å². The lowest BCUT2D eigenvalue weighted by atomic mass is 9.99. The van der Waals surface area contributed by atoms with Crippen LogP contribution in [0.5, 0.6) is 0 Å². The fourth-order valence-electron chi connectivity index (χ4n) is 4.67. The number of hydrogen-bond donors (Lipinski definition) is 3. The average molecular weight is 459 g/mol. The fraction of sp³-hybridized carbons (Fsp3) is 0.250. The number of rotatable bonds is 4. The number of hydrogen-bond acceptors (Lipinski definition) is 6. The van der Waals surface area contributed by atoms with Gasteiger partial charge in [-0.1, -0.05) is 42.1 Å². The zero-order chi connectivity index (χ0) is 22.4. The Morgan fingerprint density at radius 3 is 2.79 bits per heavy atom. The number of carbonyl (C=O) groups excluding carboxylic acids is 2. The van der Waals surface area contributed by atoms with Crippen LogP contribution in [0.15, 0.2) is 66.0 Å². The molecule has 3 N–H and O–H groups in total. The predicted molar refractivity (Wildman–Crippen MR) is 126 cm³/mol. The Bertz CT molecular complexity index is 1230. The molecule has 5 heterocycles. The van der Waals surface area contributed by atoms with Crippen LogP contribution >= 0.6 is 11.8 Å². The minimum Gasteiger partial charge on any atom is -0.351 e. The standard InChI is InChI=1S/C24H22N6O2S/c31-22(28-15-6-9-25-13-15)21-20-19-18(8-11-27-23(19)33-21)30(24(32)29-20)16-7-10-26-17(12-16)14-4-2-1-3-5-14/h1-5,7-8,10-12,15,20-21,25H,6,9,13H2,(H,28,31)(H,29,32)/t15?,20?,21-/m1/s1. The highest BCUT2D eigenvalue weighted by molar-refractivity contribution is 8.01. The Morgan fingerprint density at radius 2 is 1.97 bits per heavy atom. The molecule has 3 aliphatic heterocycles. The van der Waals surface area contributed by atoms with Gasteiger partial charge in [0.1, 0.15) is 10.3 Å². The molecule has 0 aliphatic carbocycles. The molecule has 8 nitrogen and oxygen atoms in total. The van der Waals surface area contributed by atoms with Crippen LogP contribution in [0.25, 0.3) is 11.3 Å². The maximum Gasteiger partial charge on any atom is 0.327 e.